The number of rotatable bonds is 6. The maximum atomic E-state index is 5.45. The normalized spacial score (nSPS) is 10.5. The molecule has 0 aliphatic rings. The fraction of sp³-hybridized carbons (Fsp3) is 0.417. The summed E-state index contributed by atoms with van der Waals surface area (Å²) in [5.74, 6) is 6.91. The van der Waals surface area contributed by atoms with Gasteiger partial charge in [-0.25, -0.2) is 20.8 Å². The van der Waals surface area contributed by atoms with E-state index in [2.05, 4.69) is 32.6 Å². The Hall–Kier alpha value is -1.73. The van der Waals surface area contributed by atoms with Crippen LogP contribution in [-0.2, 0) is 19.4 Å². The number of nitrogens with zero attached hydrogens (tertiary/aromatic N) is 3. The van der Waals surface area contributed by atoms with Gasteiger partial charge < -0.3 is 10.7 Å². The predicted octanol–water partition coefficient (Wildman–Crippen LogP) is 1.96. The van der Waals surface area contributed by atoms with Crippen molar-refractivity contribution in [3.63, 3.8) is 0 Å². The zero-order chi connectivity index (χ0) is 13.7. The molecule has 102 valence electrons. The maximum absolute atomic E-state index is 5.45. The van der Waals surface area contributed by atoms with Crippen molar-refractivity contribution in [1.82, 2.24) is 15.0 Å². The molecule has 0 radical (unpaired) electrons. The Morgan fingerprint density at radius 3 is 2.58 bits per heavy atom. The SMILES string of the molecule is CCc1cnc(CNc2ncnc(NN)c2CC)s1. The Balaban J connectivity index is 2.10. The number of hydrazine groups is 1. The van der Waals surface area contributed by atoms with Crippen molar-refractivity contribution < 1.29 is 0 Å². The van der Waals surface area contributed by atoms with Crippen LogP contribution in [0.15, 0.2) is 12.5 Å². The molecule has 2 aromatic heterocycles. The van der Waals surface area contributed by atoms with Crippen molar-refractivity contribution in [1.29, 1.82) is 0 Å². The molecule has 0 fully saturated rings. The lowest BCUT2D eigenvalue weighted by Crippen LogP contribution is -2.13. The number of nitrogen functional groups attached to an aromatic ring is 1. The number of thiazole rings is 1. The van der Waals surface area contributed by atoms with Gasteiger partial charge in [-0.05, 0) is 12.8 Å². The van der Waals surface area contributed by atoms with Crippen LogP contribution in [0.2, 0.25) is 0 Å². The van der Waals surface area contributed by atoms with E-state index in [1.807, 2.05) is 13.1 Å². The molecule has 7 heteroatoms. The van der Waals surface area contributed by atoms with Gasteiger partial charge in [-0.15, -0.1) is 11.3 Å². The summed E-state index contributed by atoms with van der Waals surface area (Å²) in [6.07, 6.45) is 5.25. The largest absolute Gasteiger partial charge is 0.363 e. The Bertz CT molecular complexity index is 539. The summed E-state index contributed by atoms with van der Waals surface area (Å²) in [6, 6.07) is 0. The van der Waals surface area contributed by atoms with E-state index in [9.17, 15) is 0 Å². The highest BCUT2D eigenvalue weighted by molar-refractivity contribution is 7.11. The molecule has 4 N–H and O–H groups in total. The van der Waals surface area contributed by atoms with Crippen LogP contribution in [-0.4, -0.2) is 15.0 Å². The Kier molecular flexibility index (Phi) is 4.64. The van der Waals surface area contributed by atoms with Crippen molar-refractivity contribution in [2.75, 3.05) is 10.7 Å². The molecule has 0 atom stereocenters. The fourth-order valence-corrected chi connectivity index (χ4v) is 2.58. The zero-order valence-corrected chi connectivity index (χ0v) is 11.9. The molecule has 0 amide bonds. The highest BCUT2D eigenvalue weighted by atomic mass is 32.1. The van der Waals surface area contributed by atoms with E-state index in [0.29, 0.717) is 12.4 Å². The number of hydrogen-bond donors (Lipinski definition) is 3. The molecule has 6 nitrogen and oxygen atoms in total. The third-order valence-electron chi connectivity index (χ3n) is 2.79. The highest BCUT2D eigenvalue weighted by Crippen LogP contribution is 2.21. The van der Waals surface area contributed by atoms with Gasteiger partial charge in [0.25, 0.3) is 0 Å². The van der Waals surface area contributed by atoms with E-state index >= 15 is 0 Å². The molecule has 0 bridgehead atoms. The van der Waals surface area contributed by atoms with E-state index in [1.165, 1.54) is 11.2 Å². The molecule has 2 heterocycles. The summed E-state index contributed by atoms with van der Waals surface area (Å²) in [7, 11) is 0. The van der Waals surface area contributed by atoms with Gasteiger partial charge in [0.1, 0.15) is 23.0 Å². The Morgan fingerprint density at radius 1 is 1.16 bits per heavy atom. The number of aromatic nitrogens is 3. The molecule has 0 unspecified atom stereocenters. The molecule has 0 aliphatic carbocycles. The van der Waals surface area contributed by atoms with Crippen LogP contribution in [0.25, 0.3) is 0 Å². The van der Waals surface area contributed by atoms with Crippen LogP contribution in [0.4, 0.5) is 11.6 Å². The first-order valence-electron chi connectivity index (χ1n) is 6.26. The molecule has 0 aliphatic heterocycles. The minimum absolute atomic E-state index is 0.661. The smallest absolute Gasteiger partial charge is 0.148 e. The highest BCUT2D eigenvalue weighted by Gasteiger charge is 2.09. The number of anilines is 2. The van der Waals surface area contributed by atoms with E-state index in [0.717, 1.165) is 29.2 Å². The van der Waals surface area contributed by atoms with Gasteiger partial charge in [0.2, 0.25) is 0 Å². The first kappa shape index (κ1) is 13.7. The van der Waals surface area contributed by atoms with Gasteiger partial charge >= 0.3 is 0 Å². The van der Waals surface area contributed by atoms with Gasteiger partial charge in [-0.1, -0.05) is 13.8 Å². The van der Waals surface area contributed by atoms with E-state index < -0.39 is 0 Å². The van der Waals surface area contributed by atoms with E-state index in [4.69, 9.17) is 5.84 Å². The molecule has 0 saturated heterocycles. The lowest BCUT2D eigenvalue weighted by molar-refractivity contribution is 0.998. The average Bonchev–Trinajstić information content (AvgIpc) is 2.92. The minimum Gasteiger partial charge on any atom is -0.363 e. The van der Waals surface area contributed by atoms with Crippen molar-refractivity contribution in [2.24, 2.45) is 5.84 Å². The van der Waals surface area contributed by atoms with Crippen LogP contribution in [0.3, 0.4) is 0 Å². The summed E-state index contributed by atoms with van der Waals surface area (Å²) in [5, 5.41) is 4.35. The summed E-state index contributed by atoms with van der Waals surface area (Å²) < 4.78 is 0. The van der Waals surface area contributed by atoms with Crippen molar-refractivity contribution in [3.8, 4) is 0 Å². The van der Waals surface area contributed by atoms with Crippen molar-refractivity contribution in [2.45, 2.75) is 33.2 Å². The van der Waals surface area contributed by atoms with Crippen LogP contribution in [0.5, 0.6) is 0 Å². The zero-order valence-electron chi connectivity index (χ0n) is 11.1. The monoisotopic (exact) mass is 278 g/mol. The third kappa shape index (κ3) is 3.18. The van der Waals surface area contributed by atoms with E-state index in [1.54, 1.807) is 11.3 Å². The molecular formula is C12H18N6S. The molecule has 19 heavy (non-hydrogen) atoms. The maximum Gasteiger partial charge on any atom is 0.148 e. The second kappa shape index (κ2) is 6.44. The fourth-order valence-electron chi connectivity index (χ4n) is 1.78. The van der Waals surface area contributed by atoms with Gasteiger partial charge in [-0.3, -0.25) is 0 Å². The lowest BCUT2D eigenvalue weighted by Gasteiger charge is -2.11. The second-order valence-corrected chi connectivity index (χ2v) is 5.17. The molecular weight excluding hydrogens is 260 g/mol. The molecule has 0 spiro atoms. The minimum atomic E-state index is 0.661. The topological polar surface area (TPSA) is 88.8 Å². The standard InChI is InChI=1S/C12H18N6S/c1-3-8-5-14-10(19-8)6-15-11-9(4-2)12(18-13)17-7-16-11/h5,7H,3-4,6,13H2,1-2H3,(H2,15,16,17,18). The van der Waals surface area contributed by atoms with Gasteiger partial charge in [0, 0.05) is 16.6 Å². The Labute approximate surface area is 116 Å². The van der Waals surface area contributed by atoms with E-state index in [-0.39, 0.29) is 0 Å². The molecule has 2 rings (SSSR count). The number of hydrogen-bond acceptors (Lipinski definition) is 7. The predicted molar refractivity (Wildman–Crippen MR) is 78.0 cm³/mol. The van der Waals surface area contributed by atoms with Gasteiger partial charge in [0.15, 0.2) is 0 Å². The summed E-state index contributed by atoms with van der Waals surface area (Å²) in [6.45, 7) is 4.84. The first-order chi connectivity index (χ1) is 9.28. The summed E-state index contributed by atoms with van der Waals surface area (Å²) in [4.78, 5) is 14.0. The van der Waals surface area contributed by atoms with Crippen LogP contribution < -0.4 is 16.6 Å². The third-order valence-corrected chi connectivity index (χ3v) is 3.93. The first-order valence-corrected chi connectivity index (χ1v) is 7.08. The Morgan fingerprint density at radius 2 is 1.95 bits per heavy atom. The number of nitrogens with two attached hydrogens (primary N) is 1. The van der Waals surface area contributed by atoms with Crippen molar-refractivity contribution in [3.05, 3.63) is 28.0 Å². The summed E-state index contributed by atoms with van der Waals surface area (Å²) in [5.41, 5.74) is 3.58. The second-order valence-electron chi connectivity index (χ2n) is 3.97. The quantitative estimate of drug-likeness (QED) is 0.553. The summed E-state index contributed by atoms with van der Waals surface area (Å²) >= 11 is 1.72. The number of aryl methyl sites for hydroxylation is 1. The lowest BCUT2D eigenvalue weighted by atomic mass is 10.2. The van der Waals surface area contributed by atoms with Crippen LogP contribution in [0, 0.1) is 0 Å². The van der Waals surface area contributed by atoms with Crippen LogP contribution >= 0.6 is 11.3 Å². The number of nitrogens with one attached hydrogen (secondary N) is 2. The van der Waals surface area contributed by atoms with Crippen LogP contribution in [0.1, 0.15) is 29.3 Å². The molecule has 2 aromatic rings. The average molecular weight is 278 g/mol. The molecule has 0 aromatic carbocycles. The molecule has 0 saturated carbocycles. The van der Waals surface area contributed by atoms with Crippen molar-refractivity contribution >= 4 is 23.0 Å². The van der Waals surface area contributed by atoms with Gasteiger partial charge in [0.05, 0.1) is 6.54 Å². The van der Waals surface area contributed by atoms with Gasteiger partial charge in [-0.2, -0.15) is 0 Å².